The molecule has 2 nitrogen and oxygen atoms in total. The molecule has 1 aliphatic rings. The van der Waals surface area contributed by atoms with Gasteiger partial charge in [0.05, 0.1) is 5.69 Å². The minimum atomic E-state index is -2.99. The van der Waals surface area contributed by atoms with Crippen LogP contribution in [-0.2, 0) is 0 Å². The van der Waals surface area contributed by atoms with E-state index in [0.717, 1.165) is 31.4 Å². The summed E-state index contributed by atoms with van der Waals surface area (Å²) in [5.74, 6) is 0. The van der Waals surface area contributed by atoms with Crippen LogP contribution in [0.25, 0.3) is 0 Å². The molecule has 2 rings (SSSR count). The number of hydrogen-bond donors (Lipinski definition) is 1. The topological polar surface area (TPSA) is 24.4 Å². The molecule has 0 heterocycles. The maximum atomic E-state index is 13.1. The van der Waals surface area contributed by atoms with Crippen LogP contribution >= 0.6 is 0 Å². The van der Waals surface area contributed by atoms with Crippen LogP contribution in [-0.4, -0.2) is 12.1 Å². The van der Waals surface area contributed by atoms with Gasteiger partial charge in [-0.2, -0.15) is 5.10 Å². The Bertz CT molecular complexity index is 483. The number of halogens is 3. The predicted molar refractivity (Wildman–Crippen MR) is 79.6 cm³/mol. The number of anilines is 1. The quantitative estimate of drug-likeness (QED) is 0.746. The van der Waals surface area contributed by atoms with Gasteiger partial charge in [-0.1, -0.05) is 26.0 Å². The van der Waals surface area contributed by atoms with Gasteiger partial charge in [0, 0.05) is 5.71 Å². The third kappa shape index (κ3) is 4.48. The lowest BCUT2D eigenvalue weighted by atomic mass is 9.77. The van der Waals surface area contributed by atoms with Crippen molar-refractivity contribution in [3.05, 3.63) is 29.8 Å². The molecule has 1 aliphatic carbocycles. The Morgan fingerprint density at radius 1 is 1.05 bits per heavy atom. The van der Waals surface area contributed by atoms with Crippen molar-refractivity contribution in [2.75, 3.05) is 5.43 Å². The van der Waals surface area contributed by atoms with Crippen LogP contribution in [0.4, 0.5) is 18.9 Å². The van der Waals surface area contributed by atoms with Crippen molar-refractivity contribution >= 4 is 11.4 Å². The molecule has 0 aromatic heterocycles. The summed E-state index contributed by atoms with van der Waals surface area (Å²) in [5, 5.41) is 4.35. The molecule has 0 bridgehead atoms. The van der Waals surface area contributed by atoms with Crippen LogP contribution in [0, 0.1) is 5.41 Å². The second-order valence-corrected chi connectivity index (χ2v) is 6.31. The summed E-state index contributed by atoms with van der Waals surface area (Å²) in [6.07, 6.45) is -1.05. The van der Waals surface area contributed by atoms with E-state index in [9.17, 15) is 13.2 Å². The standard InChI is InChI=1S/C16H21F3N2/c1-16(2)9-7-13(8-10-16)21-20-12-5-3-11(4-6-12)14(17)15(18)19/h3-6,14-15,20H,7-10H2,1-2H3. The highest BCUT2D eigenvalue weighted by Gasteiger charge is 2.24. The van der Waals surface area contributed by atoms with E-state index in [1.54, 1.807) is 12.1 Å². The SMILES string of the molecule is CC1(C)CCC(=NNc2ccc(C(F)C(F)F)cc2)CC1. The van der Waals surface area contributed by atoms with Gasteiger partial charge in [-0.3, -0.25) is 5.43 Å². The Morgan fingerprint density at radius 3 is 2.14 bits per heavy atom. The Balaban J connectivity index is 1.92. The van der Waals surface area contributed by atoms with Crippen LogP contribution in [0.15, 0.2) is 29.4 Å². The smallest absolute Gasteiger partial charge is 0.273 e. The summed E-state index contributed by atoms with van der Waals surface area (Å²) in [4.78, 5) is 0. The number of benzene rings is 1. The highest BCUT2D eigenvalue weighted by Crippen LogP contribution is 2.33. The fourth-order valence-corrected chi connectivity index (χ4v) is 2.36. The van der Waals surface area contributed by atoms with Gasteiger partial charge in [-0.05, 0) is 48.8 Å². The molecule has 0 amide bonds. The fourth-order valence-electron chi connectivity index (χ4n) is 2.36. The largest absolute Gasteiger partial charge is 0.279 e. The lowest BCUT2D eigenvalue weighted by Crippen LogP contribution is -2.21. The molecule has 1 unspecified atom stereocenters. The summed E-state index contributed by atoms with van der Waals surface area (Å²) in [6, 6.07) is 5.87. The minimum absolute atomic E-state index is 0.0115. The average Bonchev–Trinajstić information content (AvgIpc) is 2.46. The third-order valence-electron chi connectivity index (χ3n) is 3.97. The van der Waals surface area contributed by atoms with Crippen LogP contribution in [0.3, 0.4) is 0 Å². The van der Waals surface area contributed by atoms with Crippen molar-refractivity contribution in [1.29, 1.82) is 0 Å². The molecular formula is C16H21F3N2. The van der Waals surface area contributed by atoms with Crippen LogP contribution in [0.2, 0.25) is 0 Å². The molecule has 0 aliphatic heterocycles. The van der Waals surface area contributed by atoms with Crippen molar-refractivity contribution in [2.45, 2.75) is 52.1 Å². The van der Waals surface area contributed by atoms with Crippen molar-refractivity contribution < 1.29 is 13.2 Å². The van der Waals surface area contributed by atoms with Gasteiger partial charge < -0.3 is 0 Å². The monoisotopic (exact) mass is 298 g/mol. The summed E-state index contributed by atoms with van der Waals surface area (Å²) < 4.78 is 37.7. The molecule has 21 heavy (non-hydrogen) atoms. The van der Waals surface area contributed by atoms with Gasteiger partial charge >= 0.3 is 0 Å². The van der Waals surface area contributed by atoms with Gasteiger partial charge in [-0.15, -0.1) is 0 Å². The lowest BCUT2D eigenvalue weighted by molar-refractivity contribution is 0.0496. The molecular weight excluding hydrogens is 277 g/mol. The van der Waals surface area contributed by atoms with E-state index < -0.39 is 12.6 Å². The van der Waals surface area contributed by atoms with Crippen molar-refractivity contribution in [3.63, 3.8) is 0 Å². The molecule has 0 spiro atoms. The lowest BCUT2D eigenvalue weighted by Gasteiger charge is -2.29. The average molecular weight is 298 g/mol. The second kappa shape index (κ2) is 6.50. The number of alkyl halides is 3. The number of hydrogen-bond acceptors (Lipinski definition) is 2. The third-order valence-corrected chi connectivity index (χ3v) is 3.97. The first kappa shape index (κ1) is 15.9. The molecule has 1 saturated carbocycles. The Hall–Kier alpha value is -1.52. The number of hydrazone groups is 1. The zero-order valence-corrected chi connectivity index (χ0v) is 12.4. The maximum Gasteiger partial charge on any atom is 0.273 e. The highest BCUT2D eigenvalue weighted by atomic mass is 19.3. The zero-order chi connectivity index (χ0) is 15.5. The van der Waals surface area contributed by atoms with Gasteiger partial charge in [0.25, 0.3) is 6.43 Å². The summed E-state index contributed by atoms with van der Waals surface area (Å²) >= 11 is 0. The second-order valence-electron chi connectivity index (χ2n) is 6.31. The van der Waals surface area contributed by atoms with Gasteiger partial charge in [0.15, 0.2) is 6.17 Å². The van der Waals surface area contributed by atoms with E-state index in [2.05, 4.69) is 24.4 Å². The van der Waals surface area contributed by atoms with Crippen LogP contribution in [0.5, 0.6) is 0 Å². The predicted octanol–water partition coefficient (Wildman–Crippen LogP) is 5.33. The van der Waals surface area contributed by atoms with E-state index in [4.69, 9.17) is 0 Å². The van der Waals surface area contributed by atoms with Gasteiger partial charge in [0.1, 0.15) is 0 Å². The summed E-state index contributed by atoms with van der Waals surface area (Å²) in [7, 11) is 0. The molecule has 116 valence electrons. The molecule has 0 radical (unpaired) electrons. The number of nitrogens with one attached hydrogen (secondary N) is 1. The van der Waals surface area contributed by atoms with Crippen molar-refractivity contribution in [1.82, 2.24) is 0 Å². The first-order valence-corrected chi connectivity index (χ1v) is 7.21. The minimum Gasteiger partial charge on any atom is -0.279 e. The normalized spacial score (nSPS) is 19.4. The molecule has 1 N–H and O–H groups in total. The zero-order valence-electron chi connectivity index (χ0n) is 12.4. The first-order valence-electron chi connectivity index (χ1n) is 7.21. The Labute approximate surface area is 123 Å². The molecule has 1 aromatic carbocycles. The van der Waals surface area contributed by atoms with E-state index >= 15 is 0 Å². The maximum absolute atomic E-state index is 13.1. The van der Waals surface area contributed by atoms with Crippen molar-refractivity contribution in [3.8, 4) is 0 Å². The van der Waals surface area contributed by atoms with Crippen molar-refractivity contribution in [2.24, 2.45) is 10.5 Å². The van der Waals surface area contributed by atoms with Crippen LogP contribution < -0.4 is 5.43 Å². The number of rotatable bonds is 4. The molecule has 1 atom stereocenters. The van der Waals surface area contributed by atoms with Gasteiger partial charge in [-0.25, -0.2) is 13.2 Å². The summed E-state index contributed by atoms with van der Waals surface area (Å²) in [6.45, 7) is 4.51. The summed E-state index contributed by atoms with van der Waals surface area (Å²) in [5.41, 5.74) is 5.08. The molecule has 1 fully saturated rings. The Morgan fingerprint density at radius 2 is 1.62 bits per heavy atom. The molecule has 0 saturated heterocycles. The van der Waals surface area contributed by atoms with Gasteiger partial charge in [0.2, 0.25) is 0 Å². The Kier molecular flexibility index (Phi) is 4.91. The fraction of sp³-hybridized carbons (Fsp3) is 0.562. The van der Waals surface area contributed by atoms with E-state index in [1.807, 2.05) is 0 Å². The van der Waals surface area contributed by atoms with E-state index in [-0.39, 0.29) is 5.56 Å². The highest BCUT2D eigenvalue weighted by molar-refractivity contribution is 5.85. The van der Waals surface area contributed by atoms with Crippen LogP contribution in [0.1, 0.15) is 51.3 Å². The first-order chi connectivity index (χ1) is 9.87. The molecule has 1 aromatic rings. The van der Waals surface area contributed by atoms with E-state index in [0.29, 0.717) is 11.1 Å². The van der Waals surface area contributed by atoms with E-state index in [1.165, 1.54) is 12.1 Å². The number of nitrogens with zero attached hydrogens (tertiary/aromatic N) is 1. The molecule has 5 heteroatoms.